The molecule has 0 amide bonds. The van der Waals surface area contributed by atoms with E-state index in [9.17, 15) is 15.3 Å². The molecule has 5 atom stereocenters. The van der Waals surface area contributed by atoms with Crippen LogP contribution >= 0.6 is 0 Å². The summed E-state index contributed by atoms with van der Waals surface area (Å²) in [5.74, 6) is 0. The molecule has 6 nitrogen and oxygen atoms in total. The number of aliphatic hydroxyl groups excluding tert-OH is 4. The highest BCUT2D eigenvalue weighted by Gasteiger charge is 2.43. The second-order valence-corrected chi connectivity index (χ2v) is 2.93. The Kier molecular flexibility index (Phi) is 6.99. The zero-order valence-corrected chi connectivity index (χ0v) is 9.20. The van der Waals surface area contributed by atoms with E-state index >= 15 is 0 Å². The standard InChI is InChI=1S/C7H14O6.C2H6/c1-12-7-6(11)5(10)4(9)3(2-8)13-7;1-2/h3-11H,2H2,1H3;1-2H3/t3-,4-,5+,6-,7+;/m1./s1. The number of hydrogen-bond acceptors (Lipinski definition) is 6. The Labute approximate surface area is 89.1 Å². The van der Waals surface area contributed by atoms with Gasteiger partial charge in [0.1, 0.15) is 24.4 Å². The van der Waals surface area contributed by atoms with E-state index in [2.05, 4.69) is 0 Å². The molecular formula is C9H20O6. The predicted octanol–water partition coefficient (Wildman–Crippen LogP) is -1.54. The fraction of sp³-hybridized carbons (Fsp3) is 1.00. The molecule has 1 saturated heterocycles. The van der Waals surface area contributed by atoms with Crippen molar-refractivity contribution in [3.8, 4) is 0 Å². The Balaban J connectivity index is 0.000000921. The van der Waals surface area contributed by atoms with Crippen molar-refractivity contribution in [1.29, 1.82) is 0 Å². The van der Waals surface area contributed by atoms with E-state index in [4.69, 9.17) is 14.6 Å². The Morgan fingerprint density at radius 2 is 1.60 bits per heavy atom. The number of hydrogen-bond donors (Lipinski definition) is 4. The zero-order chi connectivity index (χ0) is 12.0. The molecule has 0 radical (unpaired) electrons. The topological polar surface area (TPSA) is 99.4 Å². The minimum atomic E-state index is -1.36. The van der Waals surface area contributed by atoms with Gasteiger partial charge in [-0.3, -0.25) is 0 Å². The maximum atomic E-state index is 9.28. The first kappa shape index (κ1) is 14.8. The van der Waals surface area contributed by atoms with Crippen molar-refractivity contribution in [2.24, 2.45) is 0 Å². The fourth-order valence-corrected chi connectivity index (χ4v) is 1.26. The minimum Gasteiger partial charge on any atom is -0.394 e. The van der Waals surface area contributed by atoms with Crippen LogP contribution in [0.2, 0.25) is 0 Å². The second kappa shape index (κ2) is 7.10. The Bertz CT molecular complexity index is 145. The molecule has 1 aliphatic rings. The summed E-state index contributed by atoms with van der Waals surface area (Å²) >= 11 is 0. The van der Waals surface area contributed by atoms with E-state index in [0.717, 1.165) is 0 Å². The molecule has 0 aliphatic carbocycles. The maximum Gasteiger partial charge on any atom is 0.186 e. The van der Waals surface area contributed by atoms with Crippen molar-refractivity contribution < 1.29 is 29.9 Å². The van der Waals surface area contributed by atoms with Gasteiger partial charge in [-0.2, -0.15) is 0 Å². The molecule has 1 rings (SSSR count). The minimum absolute atomic E-state index is 0.440. The van der Waals surface area contributed by atoms with Gasteiger partial charge >= 0.3 is 0 Å². The number of rotatable bonds is 2. The van der Waals surface area contributed by atoms with Crippen LogP contribution in [0.4, 0.5) is 0 Å². The summed E-state index contributed by atoms with van der Waals surface area (Å²) in [6.07, 6.45) is -5.91. The Hall–Kier alpha value is -0.240. The Morgan fingerprint density at radius 3 is 2.00 bits per heavy atom. The van der Waals surface area contributed by atoms with E-state index in [1.807, 2.05) is 13.8 Å². The van der Waals surface area contributed by atoms with E-state index in [1.165, 1.54) is 7.11 Å². The van der Waals surface area contributed by atoms with Crippen LogP contribution < -0.4 is 0 Å². The quantitative estimate of drug-likeness (QED) is 0.453. The van der Waals surface area contributed by atoms with Gasteiger partial charge < -0.3 is 29.9 Å². The van der Waals surface area contributed by atoms with Gasteiger partial charge in [0.2, 0.25) is 0 Å². The molecule has 1 fully saturated rings. The highest BCUT2D eigenvalue weighted by Crippen LogP contribution is 2.20. The molecule has 1 aliphatic heterocycles. The number of aliphatic hydroxyl groups is 4. The lowest BCUT2D eigenvalue weighted by atomic mass is 9.99. The molecule has 0 saturated carbocycles. The van der Waals surface area contributed by atoms with Crippen LogP contribution in [-0.4, -0.2) is 64.8 Å². The van der Waals surface area contributed by atoms with E-state index in [-0.39, 0.29) is 0 Å². The van der Waals surface area contributed by atoms with Crippen LogP contribution in [0, 0.1) is 0 Å². The highest BCUT2D eigenvalue weighted by atomic mass is 16.7. The molecule has 0 aromatic rings. The molecule has 0 spiro atoms. The largest absolute Gasteiger partial charge is 0.394 e. The molecule has 92 valence electrons. The smallest absolute Gasteiger partial charge is 0.186 e. The monoisotopic (exact) mass is 224 g/mol. The van der Waals surface area contributed by atoms with Crippen molar-refractivity contribution in [2.75, 3.05) is 13.7 Å². The van der Waals surface area contributed by atoms with Crippen LogP contribution in [-0.2, 0) is 9.47 Å². The summed E-state index contributed by atoms with van der Waals surface area (Å²) in [5, 5.41) is 36.6. The van der Waals surface area contributed by atoms with Crippen LogP contribution in [0.1, 0.15) is 13.8 Å². The van der Waals surface area contributed by atoms with Crippen molar-refractivity contribution in [3.63, 3.8) is 0 Å². The van der Waals surface area contributed by atoms with Gasteiger partial charge in [-0.15, -0.1) is 0 Å². The van der Waals surface area contributed by atoms with Gasteiger partial charge in [0.15, 0.2) is 6.29 Å². The summed E-state index contributed by atoms with van der Waals surface area (Å²) in [6.45, 7) is 3.56. The highest BCUT2D eigenvalue weighted by molar-refractivity contribution is 4.88. The summed E-state index contributed by atoms with van der Waals surface area (Å²) in [4.78, 5) is 0. The number of ether oxygens (including phenoxy) is 2. The van der Waals surface area contributed by atoms with E-state index < -0.39 is 37.3 Å². The number of methoxy groups -OCH3 is 1. The predicted molar refractivity (Wildman–Crippen MR) is 52.1 cm³/mol. The lowest BCUT2D eigenvalue weighted by molar-refractivity contribution is -0.294. The van der Waals surface area contributed by atoms with Crippen LogP contribution in [0.5, 0.6) is 0 Å². The molecule has 15 heavy (non-hydrogen) atoms. The molecule has 1 heterocycles. The second-order valence-electron chi connectivity index (χ2n) is 2.93. The van der Waals surface area contributed by atoms with Crippen LogP contribution in [0.15, 0.2) is 0 Å². The molecular weight excluding hydrogens is 204 g/mol. The van der Waals surface area contributed by atoms with Crippen molar-refractivity contribution in [2.45, 2.75) is 44.6 Å². The summed E-state index contributed by atoms with van der Waals surface area (Å²) in [7, 11) is 1.30. The SMILES string of the molecule is CC.CO[C@H]1O[C@H](CO)[C@@H](O)[C@H](O)[C@H]1O. The van der Waals surface area contributed by atoms with E-state index in [1.54, 1.807) is 0 Å². The third kappa shape index (κ3) is 3.37. The van der Waals surface area contributed by atoms with Crippen LogP contribution in [0.3, 0.4) is 0 Å². The summed E-state index contributed by atoms with van der Waals surface area (Å²) in [6, 6.07) is 0. The maximum absolute atomic E-state index is 9.28. The van der Waals surface area contributed by atoms with Gasteiger partial charge in [-0.25, -0.2) is 0 Å². The normalized spacial score (nSPS) is 40.6. The Morgan fingerprint density at radius 1 is 1.07 bits per heavy atom. The molecule has 4 N–H and O–H groups in total. The molecule has 0 unspecified atom stereocenters. The first-order valence-electron chi connectivity index (χ1n) is 4.95. The van der Waals surface area contributed by atoms with Crippen molar-refractivity contribution in [3.05, 3.63) is 0 Å². The average molecular weight is 224 g/mol. The van der Waals surface area contributed by atoms with E-state index in [0.29, 0.717) is 0 Å². The lowest BCUT2D eigenvalue weighted by Crippen LogP contribution is -2.58. The van der Waals surface area contributed by atoms with Crippen molar-refractivity contribution >= 4 is 0 Å². The molecule has 0 bridgehead atoms. The fourth-order valence-electron chi connectivity index (χ4n) is 1.26. The van der Waals surface area contributed by atoms with Gasteiger partial charge in [-0.05, 0) is 0 Å². The summed E-state index contributed by atoms with van der Waals surface area (Å²) < 4.78 is 9.65. The summed E-state index contributed by atoms with van der Waals surface area (Å²) in [5.41, 5.74) is 0. The first-order valence-corrected chi connectivity index (χ1v) is 4.95. The van der Waals surface area contributed by atoms with Crippen LogP contribution in [0.25, 0.3) is 0 Å². The lowest BCUT2D eigenvalue weighted by Gasteiger charge is -2.38. The third-order valence-electron chi connectivity index (χ3n) is 2.08. The van der Waals surface area contributed by atoms with Gasteiger partial charge in [0.05, 0.1) is 6.61 Å². The molecule has 6 heteroatoms. The van der Waals surface area contributed by atoms with Gasteiger partial charge in [-0.1, -0.05) is 13.8 Å². The first-order chi connectivity index (χ1) is 7.11. The molecule has 0 aromatic carbocycles. The zero-order valence-electron chi connectivity index (χ0n) is 9.20. The average Bonchev–Trinajstić information content (AvgIpc) is 2.29. The van der Waals surface area contributed by atoms with Crippen molar-refractivity contribution in [1.82, 2.24) is 0 Å². The van der Waals surface area contributed by atoms with Gasteiger partial charge in [0.25, 0.3) is 0 Å². The third-order valence-corrected chi connectivity index (χ3v) is 2.08. The molecule has 0 aromatic heterocycles. The van der Waals surface area contributed by atoms with Gasteiger partial charge in [0, 0.05) is 7.11 Å².